The van der Waals surface area contributed by atoms with Crippen LogP contribution in [0.4, 0.5) is 0 Å². The van der Waals surface area contributed by atoms with Crippen LogP contribution in [-0.2, 0) is 0 Å². The number of nitrogens with zero attached hydrogens (tertiary/aromatic N) is 1. The molecular formula is C14H21BrN2O. The summed E-state index contributed by atoms with van der Waals surface area (Å²) in [6, 6.07) is 9.17. The van der Waals surface area contributed by atoms with Crippen LogP contribution in [0, 0.1) is 0 Å². The number of ether oxygens (including phenoxy) is 1. The minimum atomic E-state index is 0.576. The summed E-state index contributed by atoms with van der Waals surface area (Å²) in [5, 5.41) is 3.49. The molecule has 0 aromatic heterocycles. The molecule has 1 aromatic rings. The van der Waals surface area contributed by atoms with Gasteiger partial charge in [-0.3, -0.25) is 4.90 Å². The molecule has 1 N–H and O–H groups in total. The molecule has 0 radical (unpaired) electrons. The minimum absolute atomic E-state index is 0.576. The van der Waals surface area contributed by atoms with Crippen molar-refractivity contribution in [3.8, 4) is 5.75 Å². The third-order valence-corrected chi connectivity index (χ3v) is 3.83. The Bertz CT molecular complexity index is 386. The molecule has 0 spiro atoms. The molecule has 1 fully saturated rings. The van der Waals surface area contributed by atoms with Crippen LogP contribution < -0.4 is 10.1 Å². The molecule has 2 atom stereocenters. The molecule has 100 valence electrons. The van der Waals surface area contributed by atoms with Crippen LogP contribution in [0.2, 0.25) is 0 Å². The van der Waals surface area contributed by atoms with Crippen molar-refractivity contribution in [2.24, 2.45) is 0 Å². The van der Waals surface area contributed by atoms with Gasteiger partial charge in [0.1, 0.15) is 12.4 Å². The Morgan fingerprint density at radius 2 is 2.28 bits per heavy atom. The third-order valence-electron chi connectivity index (χ3n) is 3.34. The van der Waals surface area contributed by atoms with E-state index in [9.17, 15) is 0 Å². The number of hydrogen-bond donors (Lipinski definition) is 1. The van der Waals surface area contributed by atoms with E-state index in [2.05, 4.69) is 40.0 Å². The van der Waals surface area contributed by atoms with Crippen LogP contribution >= 0.6 is 15.9 Å². The van der Waals surface area contributed by atoms with Crippen LogP contribution in [0.25, 0.3) is 0 Å². The fourth-order valence-electron chi connectivity index (χ4n) is 2.25. The van der Waals surface area contributed by atoms with Crippen molar-refractivity contribution >= 4 is 15.9 Å². The summed E-state index contributed by atoms with van der Waals surface area (Å²) in [7, 11) is 0. The van der Waals surface area contributed by atoms with E-state index in [0.717, 1.165) is 36.5 Å². The summed E-state index contributed by atoms with van der Waals surface area (Å²) in [6.45, 7) is 8.39. The second-order valence-corrected chi connectivity index (χ2v) is 5.87. The van der Waals surface area contributed by atoms with E-state index in [0.29, 0.717) is 12.1 Å². The molecule has 1 aliphatic heterocycles. The second kappa shape index (κ2) is 6.55. The Hall–Kier alpha value is -0.580. The lowest BCUT2D eigenvalue weighted by molar-refractivity contribution is 0.123. The molecule has 0 amide bonds. The summed E-state index contributed by atoms with van der Waals surface area (Å²) >= 11 is 3.45. The minimum Gasteiger partial charge on any atom is -0.492 e. The third kappa shape index (κ3) is 3.97. The van der Waals surface area contributed by atoms with E-state index in [1.54, 1.807) is 0 Å². The topological polar surface area (TPSA) is 24.5 Å². The van der Waals surface area contributed by atoms with Gasteiger partial charge in [-0.2, -0.15) is 0 Å². The van der Waals surface area contributed by atoms with Crippen molar-refractivity contribution in [3.63, 3.8) is 0 Å². The molecule has 1 aliphatic rings. The van der Waals surface area contributed by atoms with Crippen LogP contribution in [0.15, 0.2) is 28.7 Å². The zero-order valence-corrected chi connectivity index (χ0v) is 12.6. The Morgan fingerprint density at radius 3 is 3.06 bits per heavy atom. The van der Waals surface area contributed by atoms with Gasteiger partial charge in [0.15, 0.2) is 0 Å². The smallest absolute Gasteiger partial charge is 0.120 e. The molecule has 1 aromatic carbocycles. The molecule has 0 saturated carbocycles. The zero-order chi connectivity index (χ0) is 13.0. The first kappa shape index (κ1) is 13.8. The number of rotatable bonds is 4. The Balaban J connectivity index is 1.77. The van der Waals surface area contributed by atoms with Crippen LogP contribution in [0.3, 0.4) is 0 Å². The van der Waals surface area contributed by atoms with E-state index in [1.807, 2.05) is 24.3 Å². The maximum Gasteiger partial charge on any atom is 0.120 e. The van der Waals surface area contributed by atoms with Crippen LogP contribution in [0.1, 0.15) is 13.8 Å². The molecule has 1 saturated heterocycles. The standard InChI is InChI=1S/C14H21BrN2O/c1-11-10-17(12(2)9-16-11)6-7-18-14-5-3-4-13(15)8-14/h3-5,8,11-12,16H,6-7,9-10H2,1-2H3. The largest absolute Gasteiger partial charge is 0.492 e. The van der Waals surface area contributed by atoms with E-state index >= 15 is 0 Å². The summed E-state index contributed by atoms with van der Waals surface area (Å²) in [5.74, 6) is 0.931. The Morgan fingerprint density at radius 1 is 1.44 bits per heavy atom. The molecule has 0 bridgehead atoms. The van der Waals surface area contributed by atoms with E-state index in [-0.39, 0.29) is 0 Å². The molecule has 4 heteroatoms. The maximum atomic E-state index is 5.78. The molecule has 2 unspecified atom stereocenters. The summed E-state index contributed by atoms with van der Waals surface area (Å²) in [4.78, 5) is 2.49. The molecule has 2 rings (SSSR count). The number of piperazine rings is 1. The number of nitrogens with one attached hydrogen (secondary N) is 1. The lowest BCUT2D eigenvalue weighted by Gasteiger charge is -2.37. The van der Waals surface area contributed by atoms with E-state index < -0.39 is 0 Å². The zero-order valence-electron chi connectivity index (χ0n) is 11.0. The van der Waals surface area contributed by atoms with Crippen molar-refractivity contribution in [1.29, 1.82) is 0 Å². The molecular weight excluding hydrogens is 292 g/mol. The average Bonchev–Trinajstić information content (AvgIpc) is 2.34. The number of halogens is 1. The van der Waals surface area contributed by atoms with Crippen LogP contribution in [-0.4, -0.2) is 43.2 Å². The maximum absolute atomic E-state index is 5.78. The van der Waals surface area contributed by atoms with Crippen molar-refractivity contribution in [3.05, 3.63) is 28.7 Å². The normalized spacial score (nSPS) is 25.1. The Kier molecular flexibility index (Phi) is 5.03. The van der Waals surface area contributed by atoms with Gasteiger partial charge in [-0.05, 0) is 32.0 Å². The fraction of sp³-hybridized carbons (Fsp3) is 0.571. The van der Waals surface area contributed by atoms with Crippen molar-refractivity contribution in [1.82, 2.24) is 10.2 Å². The van der Waals surface area contributed by atoms with Gasteiger partial charge in [-0.15, -0.1) is 0 Å². The van der Waals surface area contributed by atoms with Gasteiger partial charge in [0.2, 0.25) is 0 Å². The lowest BCUT2D eigenvalue weighted by atomic mass is 10.1. The van der Waals surface area contributed by atoms with Crippen molar-refractivity contribution < 1.29 is 4.74 Å². The van der Waals surface area contributed by atoms with E-state index in [1.165, 1.54) is 0 Å². The van der Waals surface area contributed by atoms with E-state index in [4.69, 9.17) is 4.74 Å². The van der Waals surface area contributed by atoms with Gasteiger partial charge >= 0.3 is 0 Å². The predicted octanol–water partition coefficient (Wildman–Crippen LogP) is 2.51. The van der Waals surface area contributed by atoms with Crippen molar-refractivity contribution in [2.75, 3.05) is 26.2 Å². The van der Waals surface area contributed by atoms with Gasteiger partial charge < -0.3 is 10.1 Å². The number of benzene rings is 1. The van der Waals surface area contributed by atoms with Gasteiger partial charge in [0.05, 0.1) is 0 Å². The highest BCUT2D eigenvalue weighted by molar-refractivity contribution is 9.10. The Labute approximate surface area is 118 Å². The first-order valence-electron chi connectivity index (χ1n) is 6.51. The average molecular weight is 313 g/mol. The molecule has 18 heavy (non-hydrogen) atoms. The molecule has 0 aliphatic carbocycles. The highest BCUT2D eigenvalue weighted by Crippen LogP contribution is 2.17. The predicted molar refractivity (Wildman–Crippen MR) is 78.1 cm³/mol. The number of hydrogen-bond acceptors (Lipinski definition) is 3. The summed E-state index contributed by atoms with van der Waals surface area (Å²) in [6.07, 6.45) is 0. The highest BCUT2D eigenvalue weighted by Gasteiger charge is 2.21. The SMILES string of the molecule is CC1CN(CCOc2cccc(Br)c2)C(C)CN1. The van der Waals surface area contributed by atoms with Gasteiger partial charge in [-0.25, -0.2) is 0 Å². The molecule has 1 heterocycles. The monoisotopic (exact) mass is 312 g/mol. The van der Waals surface area contributed by atoms with Gasteiger partial charge in [0.25, 0.3) is 0 Å². The fourth-order valence-corrected chi connectivity index (χ4v) is 2.62. The highest BCUT2D eigenvalue weighted by atomic mass is 79.9. The van der Waals surface area contributed by atoms with Crippen LogP contribution in [0.5, 0.6) is 5.75 Å². The first-order valence-corrected chi connectivity index (χ1v) is 7.30. The summed E-state index contributed by atoms with van der Waals surface area (Å²) < 4.78 is 6.84. The lowest BCUT2D eigenvalue weighted by Crippen LogP contribution is -2.55. The molecule has 3 nitrogen and oxygen atoms in total. The summed E-state index contributed by atoms with van der Waals surface area (Å²) in [5.41, 5.74) is 0. The van der Waals surface area contributed by atoms with Crippen molar-refractivity contribution in [2.45, 2.75) is 25.9 Å². The van der Waals surface area contributed by atoms with Gasteiger partial charge in [0, 0.05) is 36.2 Å². The first-order chi connectivity index (χ1) is 8.65. The quantitative estimate of drug-likeness (QED) is 0.924. The van der Waals surface area contributed by atoms with Gasteiger partial charge in [-0.1, -0.05) is 22.0 Å². The second-order valence-electron chi connectivity index (χ2n) is 4.96.